The van der Waals surface area contributed by atoms with Gasteiger partial charge in [0.1, 0.15) is 11.4 Å². The molecule has 29 heavy (non-hydrogen) atoms. The highest BCUT2D eigenvalue weighted by atomic mass is 16.5. The second kappa shape index (κ2) is 7.40. The number of methoxy groups -OCH3 is 1. The minimum absolute atomic E-state index is 0.0742. The summed E-state index contributed by atoms with van der Waals surface area (Å²) in [5.74, 6) is 1.45. The van der Waals surface area contributed by atoms with Crippen LogP contribution < -0.4 is 4.74 Å². The van der Waals surface area contributed by atoms with Gasteiger partial charge in [-0.25, -0.2) is 9.67 Å². The van der Waals surface area contributed by atoms with E-state index in [9.17, 15) is 9.90 Å². The molecular formula is C21H28N4O4. The van der Waals surface area contributed by atoms with Crippen molar-refractivity contribution in [3.63, 3.8) is 0 Å². The number of carbonyl (C=O) groups excluding carboxylic acids is 1. The van der Waals surface area contributed by atoms with Crippen molar-refractivity contribution < 1.29 is 19.4 Å². The van der Waals surface area contributed by atoms with Crippen LogP contribution in [0, 0.1) is 24.2 Å². The van der Waals surface area contributed by atoms with Gasteiger partial charge in [-0.05, 0) is 63.5 Å². The van der Waals surface area contributed by atoms with E-state index in [0.717, 1.165) is 37.1 Å². The SMILES string of the molecule is COC(=O)C1(C)CCC2CC(Oc3ccc(-c4nnn(C)c4CO)nc3C)CC21. The normalized spacial score (nSPS) is 28.4. The van der Waals surface area contributed by atoms with Gasteiger partial charge in [0, 0.05) is 7.05 Å². The number of fused-ring (bicyclic) bond motifs is 1. The average molecular weight is 400 g/mol. The van der Waals surface area contributed by atoms with Crippen molar-refractivity contribution in [1.82, 2.24) is 20.0 Å². The van der Waals surface area contributed by atoms with Gasteiger partial charge in [0.25, 0.3) is 0 Å². The maximum absolute atomic E-state index is 12.3. The Morgan fingerprint density at radius 1 is 1.38 bits per heavy atom. The zero-order chi connectivity index (χ0) is 20.8. The number of carbonyl (C=O) groups is 1. The fourth-order valence-corrected chi connectivity index (χ4v) is 5.16. The molecule has 0 aliphatic heterocycles. The van der Waals surface area contributed by atoms with Crippen LogP contribution in [0.3, 0.4) is 0 Å². The number of aryl methyl sites for hydroxylation is 2. The Labute approximate surface area is 170 Å². The molecule has 8 nitrogen and oxygen atoms in total. The Morgan fingerprint density at radius 3 is 2.86 bits per heavy atom. The summed E-state index contributed by atoms with van der Waals surface area (Å²) in [6, 6.07) is 3.75. The zero-order valence-electron chi connectivity index (χ0n) is 17.4. The molecule has 156 valence electrons. The number of ether oxygens (including phenoxy) is 2. The Kier molecular flexibility index (Phi) is 5.06. The first-order valence-electron chi connectivity index (χ1n) is 10.1. The average Bonchev–Trinajstić information content (AvgIpc) is 3.37. The molecule has 2 fully saturated rings. The van der Waals surface area contributed by atoms with Gasteiger partial charge < -0.3 is 14.6 Å². The fourth-order valence-electron chi connectivity index (χ4n) is 5.16. The van der Waals surface area contributed by atoms with Gasteiger partial charge in [0.2, 0.25) is 0 Å². The number of hydrogen-bond acceptors (Lipinski definition) is 7. The summed E-state index contributed by atoms with van der Waals surface area (Å²) < 4.78 is 12.9. The summed E-state index contributed by atoms with van der Waals surface area (Å²) in [6.07, 6.45) is 3.82. The van der Waals surface area contributed by atoms with E-state index < -0.39 is 5.41 Å². The van der Waals surface area contributed by atoms with Gasteiger partial charge >= 0.3 is 5.97 Å². The highest BCUT2D eigenvalue weighted by molar-refractivity contribution is 5.77. The fraction of sp³-hybridized carbons (Fsp3) is 0.619. The van der Waals surface area contributed by atoms with E-state index in [2.05, 4.69) is 15.3 Å². The van der Waals surface area contributed by atoms with Crippen LogP contribution in [-0.4, -0.2) is 44.3 Å². The largest absolute Gasteiger partial charge is 0.489 e. The van der Waals surface area contributed by atoms with Crippen molar-refractivity contribution in [2.24, 2.45) is 24.3 Å². The van der Waals surface area contributed by atoms with Gasteiger partial charge in [-0.3, -0.25) is 4.79 Å². The first-order chi connectivity index (χ1) is 13.9. The second-order valence-corrected chi connectivity index (χ2v) is 8.47. The summed E-state index contributed by atoms with van der Waals surface area (Å²) in [7, 11) is 3.21. The molecule has 0 aromatic carbocycles. The van der Waals surface area contributed by atoms with Crippen LogP contribution >= 0.6 is 0 Å². The highest BCUT2D eigenvalue weighted by Crippen LogP contribution is 2.55. The van der Waals surface area contributed by atoms with E-state index in [-0.39, 0.29) is 18.7 Å². The van der Waals surface area contributed by atoms with Crippen molar-refractivity contribution in [2.45, 2.75) is 52.2 Å². The van der Waals surface area contributed by atoms with Crippen LogP contribution in [0.4, 0.5) is 0 Å². The van der Waals surface area contributed by atoms with Crippen LogP contribution in [0.2, 0.25) is 0 Å². The molecule has 0 radical (unpaired) electrons. The van der Waals surface area contributed by atoms with E-state index in [0.29, 0.717) is 28.9 Å². The van der Waals surface area contributed by atoms with Crippen molar-refractivity contribution in [1.29, 1.82) is 0 Å². The molecule has 4 unspecified atom stereocenters. The third kappa shape index (κ3) is 3.29. The van der Waals surface area contributed by atoms with Crippen molar-refractivity contribution in [3.8, 4) is 17.1 Å². The summed E-state index contributed by atoms with van der Waals surface area (Å²) in [4.78, 5) is 16.9. The van der Waals surface area contributed by atoms with Crippen LogP contribution in [0.5, 0.6) is 5.75 Å². The van der Waals surface area contributed by atoms with Crippen LogP contribution in [0.25, 0.3) is 11.4 Å². The smallest absolute Gasteiger partial charge is 0.311 e. The predicted octanol–water partition coefficient (Wildman–Crippen LogP) is 2.42. The molecule has 4 rings (SSSR count). The summed E-state index contributed by atoms with van der Waals surface area (Å²) in [5, 5.41) is 17.6. The molecule has 2 heterocycles. The molecular weight excluding hydrogens is 372 g/mol. The zero-order valence-corrected chi connectivity index (χ0v) is 17.4. The Hall–Kier alpha value is -2.48. The van der Waals surface area contributed by atoms with E-state index in [4.69, 9.17) is 9.47 Å². The van der Waals surface area contributed by atoms with Crippen molar-refractivity contribution in [2.75, 3.05) is 7.11 Å². The third-order valence-corrected chi connectivity index (χ3v) is 6.82. The van der Waals surface area contributed by atoms with Gasteiger partial charge in [0.05, 0.1) is 42.3 Å². The summed E-state index contributed by atoms with van der Waals surface area (Å²) in [6.45, 7) is 3.79. The van der Waals surface area contributed by atoms with Gasteiger partial charge in [-0.15, -0.1) is 5.10 Å². The maximum atomic E-state index is 12.3. The number of nitrogens with zero attached hydrogens (tertiary/aromatic N) is 4. The van der Waals surface area contributed by atoms with Crippen molar-refractivity contribution >= 4 is 5.97 Å². The minimum atomic E-state index is -0.401. The van der Waals surface area contributed by atoms with Crippen LogP contribution in [-0.2, 0) is 23.2 Å². The van der Waals surface area contributed by atoms with Crippen LogP contribution in [0.15, 0.2) is 12.1 Å². The van der Waals surface area contributed by atoms with E-state index >= 15 is 0 Å². The first kappa shape index (κ1) is 19.8. The van der Waals surface area contributed by atoms with Gasteiger partial charge in [-0.2, -0.15) is 0 Å². The quantitative estimate of drug-likeness (QED) is 0.770. The summed E-state index contributed by atoms with van der Waals surface area (Å²) in [5.41, 5.74) is 2.23. The lowest BCUT2D eigenvalue weighted by Gasteiger charge is -2.28. The highest BCUT2D eigenvalue weighted by Gasteiger charge is 2.55. The molecule has 0 saturated heterocycles. The Bertz CT molecular complexity index is 927. The molecule has 2 aromatic heterocycles. The van der Waals surface area contributed by atoms with Gasteiger partial charge in [0.15, 0.2) is 0 Å². The molecule has 8 heteroatoms. The van der Waals surface area contributed by atoms with E-state index in [1.807, 2.05) is 26.0 Å². The Morgan fingerprint density at radius 2 is 2.17 bits per heavy atom. The molecule has 2 aromatic rings. The number of rotatable bonds is 5. The maximum Gasteiger partial charge on any atom is 0.311 e. The molecule has 0 spiro atoms. The van der Waals surface area contributed by atoms with Gasteiger partial charge in [-0.1, -0.05) is 5.21 Å². The summed E-state index contributed by atoms with van der Waals surface area (Å²) >= 11 is 0. The minimum Gasteiger partial charge on any atom is -0.489 e. The Balaban J connectivity index is 1.49. The molecule has 4 atom stereocenters. The molecule has 0 amide bonds. The topological polar surface area (TPSA) is 99.4 Å². The number of pyridine rings is 1. The molecule has 1 N–H and O–H groups in total. The lowest BCUT2D eigenvalue weighted by atomic mass is 9.78. The molecule has 2 saturated carbocycles. The third-order valence-electron chi connectivity index (χ3n) is 6.82. The van der Waals surface area contributed by atoms with Crippen molar-refractivity contribution in [3.05, 3.63) is 23.5 Å². The lowest BCUT2D eigenvalue weighted by Crippen LogP contribution is -2.34. The number of hydrogen-bond donors (Lipinski definition) is 1. The predicted molar refractivity (Wildman–Crippen MR) is 105 cm³/mol. The number of aromatic nitrogens is 4. The monoisotopic (exact) mass is 400 g/mol. The second-order valence-electron chi connectivity index (χ2n) is 8.47. The van der Waals surface area contributed by atoms with Crippen LogP contribution in [0.1, 0.15) is 44.0 Å². The lowest BCUT2D eigenvalue weighted by molar-refractivity contribution is -0.154. The number of esters is 1. The molecule has 0 bridgehead atoms. The molecule has 2 aliphatic carbocycles. The first-order valence-corrected chi connectivity index (χ1v) is 10.1. The number of aliphatic hydroxyl groups excluding tert-OH is 1. The standard InChI is InChI=1S/C21H28N4O4/c1-12-18(6-5-16(22-12)19-17(11-26)25(3)24-23-19)29-14-9-13-7-8-21(2,15(13)10-14)20(27)28-4/h5-6,13-15,26H,7-11H2,1-4H3. The molecule has 2 aliphatic rings. The van der Waals surface area contributed by atoms with E-state index in [1.165, 1.54) is 7.11 Å². The number of aliphatic hydroxyl groups is 1. The van der Waals surface area contributed by atoms with E-state index in [1.54, 1.807) is 11.7 Å².